The molecule has 0 aromatic carbocycles. The Kier molecular flexibility index (Phi) is 2.02. The summed E-state index contributed by atoms with van der Waals surface area (Å²) >= 11 is 0. The van der Waals surface area contributed by atoms with Crippen LogP contribution in [0.1, 0.15) is 43.3 Å². The molecule has 1 aliphatic heterocycles. The maximum atomic E-state index is 14.4. The SMILES string of the molecule is FC1(c2noc(C3CC3)n2)CCNCC1. The quantitative estimate of drug-likeness (QED) is 0.805. The van der Waals surface area contributed by atoms with Gasteiger partial charge in [0.15, 0.2) is 5.67 Å². The molecule has 3 rings (SSSR count). The third-order valence-corrected chi connectivity index (χ3v) is 3.17. The predicted molar refractivity (Wildman–Crippen MR) is 51.2 cm³/mol. The summed E-state index contributed by atoms with van der Waals surface area (Å²) in [6, 6.07) is 0. The number of aromatic nitrogens is 2. The first-order valence-corrected chi connectivity index (χ1v) is 5.52. The summed E-state index contributed by atoms with van der Waals surface area (Å²) in [7, 11) is 0. The van der Waals surface area contributed by atoms with Gasteiger partial charge in [0.05, 0.1) is 0 Å². The Balaban J connectivity index is 1.83. The second kappa shape index (κ2) is 3.27. The first-order valence-electron chi connectivity index (χ1n) is 5.52. The van der Waals surface area contributed by atoms with Crippen molar-refractivity contribution in [3.05, 3.63) is 11.7 Å². The maximum Gasteiger partial charge on any atom is 0.229 e. The van der Waals surface area contributed by atoms with Crippen molar-refractivity contribution in [3.8, 4) is 0 Å². The average molecular weight is 211 g/mol. The van der Waals surface area contributed by atoms with Gasteiger partial charge in [0.25, 0.3) is 0 Å². The molecule has 1 aliphatic carbocycles. The molecule has 0 radical (unpaired) electrons. The van der Waals surface area contributed by atoms with Gasteiger partial charge in [-0.3, -0.25) is 0 Å². The lowest BCUT2D eigenvalue weighted by Crippen LogP contribution is -2.37. The van der Waals surface area contributed by atoms with Crippen LogP contribution in [0.15, 0.2) is 4.52 Å². The largest absolute Gasteiger partial charge is 0.339 e. The Morgan fingerprint density at radius 3 is 2.73 bits per heavy atom. The lowest BCUT2D eigenvalue weighted by atomic mass is 9.94. The third kappa shape index (κ3) is 1.65. The van der Waals surface area contributed by atoms with Gasteiger partial charge in [-0.05, 0) is 25.9 Å². The highest BCUT2D eigenvalue weighted by atomic mass is 19.1. The first-order chi connectivity index (χ1) is 7.28. The molecule has 4 nitrogen and oxygen atoms in total. The molecule has 0 bridgehead atoms. The van der Waals surface area contributed by atoms with E-state index in [1.165, 1.54) is 0 Å². The molecule has 2 aliphatic rings. The van der Waals surface area contributed by atoms with Crippen LogP contribution in [0, 0.1) is 0 Å². The molecule has 1 aromatic rings. The number of hydrogen-bond donors (Lipinski definition) is 1. The molecule has 82 valence electrons. The van der Waals surface area contributed by atoms with Gasteiger partial charge in [-0.25, -0.2) is 4.39 Å². The molecular formula is C10H14FN3O. The molecule has 0 amide bonds. The fraction of sp³-hybridized carbons (Fsp3) is 0.800. The van der Waals surface area contributed by atoms with Crippen LogP contribution in [0.3, 0.4) is 0 Å². The van der Waals surface area contributed by atoms with Crippen LogP contribution in [-0.2, 0) is 5.67 Å². The molecule has 2 fully saturated rings. The molecule has 1 aromatic heterocycles. The van der Waals surface area contributed by atoms with Crippen molar-refractivity contribution in [1.82, 2.24) is 15.5 Å². The average Bonchev–Trinajstić information content (AvgIpc) is 2.97. The summed E-state index contributed by atoms with van der Waals surface area (Å²) in [6.45, 7) is 1.37. The minimum Gasteiger partial charge on any atom is -0.339 e. The van der Waals surface area contributed by atoms with E-state index in [1.54, 1.807) is 0 Å². The minimum atomic E-state index is -1.37. The standard InChI is InChI=1S/C10H14FN3O/c11-10(3-5-12-6-4-10)9-13-8(15-14-9)7-1-2-7/h7,12H,1-6H2. The zero-order valence-electron chi connectivity index (χ0n) is 8.50. The van der Waals surface area contributed by atoms with E-state index in [-0.39, 0.29) is 5.82 Å². The zero-order valence-corrected chi connectivity index (χ0v) is 8.50. The Bertz CT molecular complexity index is 355. The van der Waals surface area contributed by atoms with Crippen LogP contribution < -0.4 is 5.32 Å². The number of nitrogens with zero attached hydrogens (tertiary/aromatic N) is 2. The molecule has 0 spiro atoms. The second-order valence-corrected chi connectivity index (χ2v) is 4.45. The second-order valence-electron chi connectivity index (χ2n) is 4.45. The van der Waals surface area contributed by atoms with Crippen molar-refractivity contribution in [2.75, 3.05) is 13.1 Å². The van der Waals surface area contributed by atoms with E-state index in [9.17, 15) is 4.39 Å². The van der Waals surface area contributed by atoms with Gasteiger partial charge < -0.3 is 9.84 Å². The van der Waals surface area contributed by atoms with Crippen molar-refractivity contribution in [3.63, 3.8) is 0 Å². The Morgan fingerprint density at radius 1 is 1.33 bits per heavy atom. The van der Waals surface area contributed by atoms with Crippen molar-refractivity contribution < 1.29 is 8.91 Å². The van der Waals surface area contributed by atoms with E-state index < -0.39 is 5.67 Å². The summed E-state index contributed by atoms with van der Waals surface area (Å²) in [5, 5.41) is 6.91. The van der Waals surface area contributed by atoms with Gasteiger partial charge in [-0.1, -0.05) is 5.16 Å². The Morgan fingerprint density at radius 2 is 2.07 bits per heavy atom. The molecule has 0 unspecified atom stereocenters. The van der Waals surface area contributed by atoms with E-state index in [4.69, 9.17) is 4.52 Å². The van der Waals surface area contributed by atoms with Crippen molar-refractivity contribution in [2.45, 2.75) is 37.3 Å². The number of hydrogen-bond acceptors (Lipinski definition) is 4. The van der Waals surface area contributed by atoms with Gasteiger partial charge in [0.2, 0.25) is 11.7 Å². The fourth-order valence-electron chi connectivity index (χ4n) is 1.96. The van der Waals surface area contributed by atoms with Crippen LogP contribution in [0.5, 0.6) is 0 Å². The molecule has 0 atom stereocenters. The third-order valence-electron chi connectivity index (χ3n) is 3.17. The van der Waals surface area contributed by atoms with Gasteiger partial charge in [-0.15, -0.1) is 0 Å². The normalized spacial score (nSPS) is 25.4. The molecule has 15 heavy (non-hydrogen) atoms. The number of nitrogens with one attached hydrogen (secondary N) is 1. The van der Waals surface area contributed by atoms with Crippen molar-refractivity contribution in [1.29, 1.82) is 0 Å². The molecule has 2 heterocycles. The predicted octanol–water partition coefficient (Wildman–Crippen LogP) is 1.50. The molecule has 1 saturated heterocycles. The van der Waals surface area contributed by atoms with E-state index in [0.29, 0.717) is 37.7 Å². The summed E-state index contributed by atoms with van der Waals surface area (Å²) in [4.78, 5) is 4.19. The number of halogens is 1. The van der Waals surface area contributed by atoms with Gasteiger partial charge in [-0.2, -0.15) is 4.98 Å². The summed E-state index contributed by atoms with van der Waals surface area (Å²) in [5.74, 6) is 1.28. The summed E-state index contributed by atoms with van der Waals surface area (Å²) in [5.41, 5.74) is -1.37. The van der Waals surface area contributed by atoms with Crippen LogP contribution in [0.25, 0.3) is 0 Å². The Hall–Kier alpha value is -0.970. The van der Waals surface area contributed by atoms with Crippen LogP contribution >= 0.6 is 0 Å². The van der Waals surface area contributed by atoms with E-state index in [0.717, 1.165) is 12.8 Å². The zero-order chi connectivity index (χ0) is 10.3. The van der Waals surface area contributed by atoms with Crippen LogP contribution in [0.2, 0.25) is 0 Å². The minimum absolute atomic E-state index is 0.255. The van der Waals surface area contributed by atoms with Crippen LogP contribution in [-0.4, -0.2) is 23.2 Å². The van der Waals surface area contributed by atoms with Gasteiger partial charge in [0, 0.05) is 18.8 Å². The highest BCUT2D eigenvalue weighted by Crippen LogP contribution is 2.40. The first kappa shape index (κ1) is 9.27. The van der Waals surface area contributed by atoms with Crippen molar-refractivity contribution >= 4 is 0 Å². The molecular weight excluding hydrogens is 197 g/mol. The monoisotopic (exact) mass is 211 g/mol. The van der Waals surface area contributed by atoms with Gasteiger partial charge >= 0.3 is 0 Å². The number of piperidine rings is 1. The van der Waals surface area contributed by atoms with E-state index in [2.05, 4.69) is 15.5 Å². The number of alkyl halides is 1. The van der Waals surface area contributed by atoms with Crippen LogP contribution in [0.4, 0.5) is 4.39 Å². The molecule has 5 heteroatoms. The van der Waals surface area contributed by atoms with E-state index >= 15 is 0 Å². The summed E-state index contributed by atoms with van der Waals surface area (Å²) < 4.78 is 19.5. The van der Waals surface area contributed by atoms with E-state index in [1.807, 2.05) is 0 Å². The Labute approximate surface area is 87.2 Å². The fourth-order valence-corrected chi connectivity index (χ4v) is 1.96. The van der Waals surface area contributed by atoms with Gasteiger partial charge in [0.1, 0.15) is 0 Å². The van der Waals surface area contributed by atoms with Crippen molar-refractivity contribution in [2.24, 2.45) is 0 Å². The maximum absolute atomic E-state index is 14.4. The lowest BCUT2D eigenvalue weighted by Gasteiger charge is -2.26. The highest BCUT2D eigenvalue weighted by Gasteiger charge is 2.40. The number of rotatable bonds is 2. The smallest absolute Gasteiger partial charge is 0.229 e. The molecule has 1 saturated carbocycles. The highest BCUT2D eigenvalue weighted by molar-refractivity contribution is 5.08. The molecule has 1 N–H and O–H groups in total. The topological polar surface area (TPSA) is 51.0 Å². The summed E-state index contributed by atoms with van der Waals surface area (Å²) in [6.07, 6.45) is 3.08. The lowest BCUT2D eigenvalue weighted by molar-refractivity contribution is 0.101.